The van der Waals surface area contributed by atoms with Crippen LogP contribution in [0.4, 0.5) is 0 Å². The van der Waals surface area contributed by atoms with Gasteiger partial charge in [-0.3, -0.25) is 9.58 Å². The van der Waals surface area contributed by atoms with Gasteiger partial charge in [0.2, 0.25) is 0 Å². The molecule has 7 nitrogen and oxygen atoms in total. The number of hydrogen-bond acceptors (Lipinski definition) is 6. The van der Waals surface area contributed by atoms with Crippen molar-refractivity contribution in [1.82, 2.24) is 19.7 Å². The van der Waals surface area contributed by atoms with E-state index >= 15 is 0 Å². The molecule has 1 aliphatic carbocycles. The van der Waals surface area contributed by atoms with Crippen molar-refractivity contribution in [2.24, 2.45) is 7.05 Å². The molecule has 0 amide bonds. The maximum Gasteiger partial charge on any atom is 0.153 e. The van der Waals surface area contributed by atoms with E-state index < -0.39 is 9.84 Å². The summed E-state index contributed by atoms with van der Waals surface area (Å²) in [6, 6.07) is 8.61. The molecule has 1 aliphatic heterocycles. The number of benzene rings is 1. The zero-order valence-electron chi connectivity index (χ0n) is 19.1. The highest BCUT2D eigenvalue weighted by Gasteiger charge is 2.37. The largest absolute Gasteiger partial charge is 0.374 e. The molecular formula is C23H33ClN4O3S. The highest BCUT2D eigenvalue weighted by atomic mass is 35.5. The van der Waals surface area contributed by atoms with Crippen LogP contribution in [0.1, 0.15) is 48.8 Å². The summed E-state index contributed by atoms with van der Waals surface area (Å²) in [5.74, 6) is 2.37. The Morgan fingerprint density at radius 3 is 2.44 bits per heavy atom. The molecule has 2 atom stereocenters. The molecule has 0 unspecified atom stereocenters. The number of aromatic nitrogens is 3. The molecule has 0 radical (unpaired) electrons. The fourth-order valence-electron chi connectivity index (χ4n) is 5.06. The van der Waals surface area contributed by atoms with E-state index in [1.807, 2.05) is 30.8 Å². The van der Waals surface area contributed by atoms with Gasteiger partial charge in [0.15, 0.2) is 5.82 Å². The number of aryl methyl sites for hydroxylation is 2. The number of rotatable bonds is 6. The van der Waals surface area contributed by atoms with Crippen molar-refractivity contribution in [3.63, 3.8) is 0 Å². The molecule has 1 aromatic carbocycles. The van der Waals surface area contributed by atoms with Gasteiger partial charge in [0.25, 0.3) is 0 Å². The molecule has 176 valence electrons. The van der Waals surface area contributed by atoms with Crippen molar-refractivity contribution in [3.8, 4) is 0 Å². The second-order valence-corrected chi connectivity index (χ2v) is 12.0. The van der Waals surface area contributed by atoms with E-state index in [0.717, 1.165) is 48.8 Å². The molecule has 1 saturated heterocycles. The van der Waals surface area contributed by atoms with Crippen molar-refractivity contribution < 1.29 is 13.2 Å². The number of morpholine rings is 1. The Bertz CT molecular complexity index is 997. The van der Waals surface area contributed by atoms with E-state index in [9.17, 15) is 8.42 Å². The molecule has 1 saturated carbocycles. The first-order valence-corrected chi connectivity index (χ1v) is 13.8. The molecule has 0 spiro atoms. The van der Waals surface area contributed by atoms with Crippen LogP contribution >= 0.6 is 11.6 Å². The topological polar surface area (TPSA) is 77.3 Å². The third kappa shape index (κ3) is 5.90. The van der Waals surface area contributed by atoms with Gasteiger partial charge in [0.05, 0.1) is 18.5 Å². The molecule has 2 aromatic rings. The predicted molar refractivity (Wildman–Crippen MR) is 126 cm³/mol. The van der Waals surface area contributed by atoms with E-state index in [1.165, 1.54) is 11.8 Å². The summed E-state index contributed by atoms with van der Waals surface area (Å²) in [4.78, 5) is 7.16. The first-order chi connectivity index (χ1) is 15.2. The van der Waals surface area contributed by atoms with Gasteiger partial charge in [0, 0.05) is 42.9 Å². The van der Waals surface area contributed by atoms with Crippen LogP contribution in [-0.2, 0) is 28.0 Å². The van der Waals surface area contributed by atoms with Gasteiger partial charge in [-0.25, -0.2) is 13.4 Å². The van der Waals surface area contributed by atoms with E-state index in [4.69, 9.17) is 16.3 Å². The number of ether oxygens (including phenoxy) is 1. The summed E-state index contributed by atoms with van der Waals surface area (Å²) >= 11 is 6.06. The molecule has 9 heteroatoms. The third-order valence-corrected chi connectivity index (χ3v) is 8.04. The van der Waals surface area contributed by atoms with E-state index in [1.54, 1.807) is 0 Å². The highest BCUT2D eigenvalue weighted by molar-refractivity contribution is 7.90. The summed E-state index contributed by atoms with van der Waals surface area (Å²) in [5, 5.41) is 5.33. The average molecular weight is 481 g/mol. The SMILES string of the molecule is Cc1nc(C2CCC(N3C[C@H](CS(C)(=O)=O)OC[C@@H]3Cc3ccc(Cl)cc3)CC2)nn1C. The van der Waals surface area contributed by atoms with Gasteiger partial charge in [-0.15, -0.1) is 0 Å². The van der Waals surface area contributed by atoms with Crippen LogP contribution in [0, 0.1) is 6.92 Å². The van der Waals surface area contributed by atoms with Crippen LogP contribution < -0.4 is 0 Å². The molecule has 32 heavy (non-hydrogen) atoms. The monoisotopic (exact) mass is 480 g/mol. The van der Waals surface area contributed by atoms with Gasteiger partial charge in [-0.2, -0.15) is 5.10 Å². The fraction of sp³-hybridized carbons (Fsp3) is 0.652. The van der Waals surface area contributed by atoms with Gasteiger partial charge in [0.1, 0.15) is 15.7 Å². The lowest BCUT2D eigenvalue weighted by Gasteiger charge is -2.46. The molecule has 1 aromatic heterocycles. The maximum absolute atomic E-state index is 11.9. The minimum atomic E-state index is -3.09. The number of nitrogens with zero attached hydrogens (tertiary/aromatic N) is 4. The lowest BCUT2D eigenvalue weighted by molar-refractivity contribution is -0.0756. The van der Waals surface area contributed by atoms with Crippen LogP contribution in [0.2, 0.25) is 5.02 Å². The quantitative estimate of drug-likeness (QED) is 0.632. The lowest BCUT2D eigenvalue weighted by Crippen LogP contribution is -2.56. The number of hydrogen-bond donors (Lipinski definition) is 0. The van der Waals surface area contributed by atoms with Crippen molar-refractivity contribution in [3.05, 3.63) is 46.5 Å². The lowest BCUT2D eigenvalue weighted by atomic mass is 9.83. The van der Waals surface area contributed by atoms with Gasteiger partial charge >= 0.3 is 0 Å². The molecule has 2 aliphatic rings. The Morgan fingerprint density at radius 1 is 1.16 bits per heavy atom. The number of sulfone groups is 1. The van der Waals surface area contributed by atoms with E-state index in [0.29, 0.717) is 25.1 Å². The molecule has 2 heterocycles. The van der Waals surface area contributed by atoms with Crippen LogP contribution in [0.3, 0.4) is 0 Å². The summed E-state index contributed by atoms with van der Waals surface area (Å²) in [6.07, 6.45) is 6.10. The fourth-order valence-corrected chi connectivity index (χ4v) is 6.06. The smallest absolute Gasteiger partial charge is 0.153 e. The van der Waals surface area contributed by atoms with Crippen molar-refractivity contribution in [1.29, 1.82) is 0 Å². The van der Waals surface area contributed by atoms with Crippen molar-refractivity contribution in [2.75, 3.05) is 25.2 Å². The molecular weight excluding hydrogens is 448 g/mol. The van der Waals surface area contributed by atoms with Crippen molar-refractivity contribution in [2.45, 2.75) is 63.1 Å². The molecule has 4 rings (SSSR count). The van der Waals surface area contributed by atoms with E-state index in [2.05, 4.69) is 27.1 Å². The first kappa shape index (κ1) is 23.7. The molecule has 0 bridgehead atoms. The Morgan fingerprint density at radius 2 is 1.84 bits per heavy atom. The average Bonchev–Trinajstić information content (AvgIpc) is 3.08. The van der Waals surface area contributed by atoms with Crippen LogP contribution in [-0.4, -0.2) is 71.4 Å². The minimum Gasteiger partial charge on any atom is -0.374 e. The normalized spacial score (nSPS) is 27.5. The zero-order valence-corrected chi connectivity index (χ0v) is 20.6. The minimum absolute atomic E-state index is 0.0731. The van der Waals surface area contributed by atoms with Crippen LogP contribution in [0.15, 0.2) is 24.3 Å². The standard InChI is InChI=1S/C23H33ClN4O3S/c1-16-25-23(26-27(16)2)18-6-10-20(11-7-18)28-13-22(15-32(3,29)30)31-14-21(28)12-17-4-8-19(24)9-5-17/h4-5,8-9,18,20-22H,6-7,10-15H2,1-3H3/t18?,20?,21-,22+/m0/s1. The molecule has 2 fully saturated rings. The van der Waals surface area contributed by atoms with Crippen LogP contribution in [0.5, 0.6) is 0 Å². The summed E-state index contributed by atoms with van der Waals surface area (Å²) < 4.78 is 31.6. The summed E-state index contributed by atoms with van der Waals surface area (Å²) in [5.41, 5.74) is 1.22. The Labute approximate surface area is 196 Å². The van der Waals surface area contributed by atoms with E-state index in [-0.39, 0.29) is 17.9 Å². The van der Waals surface area contributed by atoms with Gasteiger partial charge in [-0.05, 0) is 56.7 Å². The first-order valence-electron chi connectivity index (χ1n) is 11.3. The number of halogens is 1. The second kappa shape index (κ2) is 9.79. The Balaban J connectivity index is 1.46. The Hall–Kier alpha value is -1.48. The highest BCUT2D eigenvalue weighted by Crippen LogP contribution is 2.35. The third-order valence-electron chi connectivity index (χ3n) is 6.81. The van der Waals surface area contributed by atoms with Gasteiger partial charge < -0.3 is 4.74 Å². The Kier molecular flexibility index (Phi) is 7.24. The summed E-state index contributed by atoms with van der Waals surface area (Å²) in [7, 11) is -1.15. The predicted octanol–water partition coefficient (Wildman–Crippen LogP) is 3.16. The maximum atomic E-state index is 11.9. The van der Waals surface area contributed by atoms with Gasteiger partial charge in [-0.1, -0.05) is 23.7 Å². The summed E-state index contributed by atoms with van der Waals surface area (Å²) in [6.45, 7) is 3.19. The molecule has 0 N–H and O–H groups in total. The van der Waals surface area contributed by atoms with Crippen LogP contribution in [0.25, 0.3) is 0 Å². The zero-order chi connectivity index (χ0) is 22.9. The van der Waals surface area contributed by atoms with Crippen molar-refractivity contribution >= 4 is 21.4 Å². The second-order valence-electron chi connectivity index (χ2n) is 9.38.